The SMILES string of the molecule is CCCCOc1ccc(CCNC(=NCc2nc(C)c(C)o2)NCC)cc1. The first-order chi connectivity index (χ1) is 13.1. The first-order valence-corrected chi connectivity index (χ1v) is 9.79. The second kappa shape index (κ2) is 11.3. The summed E-state index contributed by atoms with van der Waals surface area (Å²) in [6, 6.07) is 8.31. The molecule has 1 aromatic heterocycles. The quantitative estimate of drug-likeness (QED) is 0.377. The van der Waals surface area contributed by atoms with Gasteiger partial charge in [0.15, 0.2) is 5.96 Å². The van der Waals surface area contributed by atoms with Gasteiger partial charge in [0.25, 0.3) is 0 Å². The lowest BCUT2D eigenvalue weighted by Crippen LogP contribution is -2.38. The standard InChI is InChI=1S/C21H32N4O2/c1-5-7-14-26-19-10-8-18(9-11-19)12-13-23-21(22-6-2)24-15-20-25-16(3)17(4)27-20/h8-11H,5-7,12-15H2,1-4H3,(H2,22,23,24). The molecule has 0 radical (unpaired) electrons. The highest BCUT2D eigenvalue weighted by Gasteiger charge is 2.05. The molecule has 0 atom stereocenters. The summed E-state index contributed by atoms with van der Waals surface area (Å²) in [5, 5.41) is 6.60. The van der Waals surface area contributed by atoms with E-state index in [1.807, 2.05) is 32.9 Å². The Hall–Kier alpha value is -2.50. The lowest BCUT2D eigenvalue weighted by Gasteiger charge is -2.11. The van der Waals surface area contributed by atoms with Crippen LogP contribution in [0, 0.1) is 13.8 Å². The number of aryl methyl sites for hydroxylation is 2. The van der Waals surface area contributed by atoms with Crippen molar-refractivity contribution in [3.05, 3.63) is 47.2 Å². The minimum absolute atomic E-state index is 0.424. The smallest absolute Gasteiger partial charge is 0.216 e. The fourth-order valence-corrected chi connectivity index (χ4v) is 2.51. The third-order valence-electron chi connectivity index (χ3n) is 4.19. The first-order valence-electron chi connectivity index (χ1n) is 9.79. The molecule has 0 saturated carbocycles. The van der Waals surface area contributed by atoms with Crippen molar-refractivity contribution in [1.82, 2.24) is 15.6 Å². The molecule has 1 heterocycles. The predicted octanol–water partition coefficient (Wildman–Crippen LogP) is 3.77. The van der Waals surface area contributed by atoms with Gasteiger partial charge in [0.05, 0.1) is 12.3 Å². The summed E-state index contributed by atoms with van der Waals surface area (Å²) in [5.41, 5.74) is 2.18. The fraction of sp³-hybridized carbons (Fsp3) is 0.524. The molecule has 0 fully saturated rings. The number of oxazole rings is 1. The minimum atomic E-state index is 0.424. The van der Waals surface area contributed by atoms with E-state index in [-0.39, 0.29) is 0 Å². The monoisotopic (exact) mass is 372 g/mol. The van der Waals surface area contributed by atoms with E-state index in [2.05, 4.69) is 39.7 Å². The normalized spacial score (nSPS) is 11.5. The molecule has 2 aromatic rings. The number of aromatic nitrogens is 1. The van der Waals surface area contributed by atoms with Crippen molar-refractivity contribution in [2.24, 2.45) is 4.99 Å². The van der Waals surface area contributed by atoms with Crippen molar-refractivity contribution in [3.8, 4) is 5.75 Å². The fourth-order valence-electron chi connectivity index (χ4n) is 2.51. The van der Waals surface area contributed by atoms with Crippen LogP contribution >= 0.6 is 0 Å². The van der Waals surface area contributed by atoms with E-state index in [1.54, 1.807) is 0 Å². The van der Waals surface area contributed by atoms with Crippen LogP contribution in [0.5, 0.6) is 5.75 Å². The van der Waals surface area contributed by atoms with Crippen molar-refractivity contribution in [3.63, 3.8) is 0 Å². The van der Waals surface area contributed by atoms with Crippen LogP contribution in [0.15, 0.2) is 33.7 Å². The lowest BCUT2D eigenvalue weighted by atomic mass is 10.1. The largest absolute Gasteiger partial charge is 0.494 e. The summed E-state index contributed by atoms with van der Waals surface area (Å²) in [5.74, 6) is 3.19. The molecule has 0 bridgehead atoms. The van der Waals surface area contributed by atoms with Crippen LogP contribution in [0.1, 0.15) is 49.6 Å². The molecule has 6 nitrogen and oxygen atoms in total. The van der Waals surface area contributed by atoms with Gasteiger partial charge in [0.2, 0.25) is 5.89 Å². The van der Waals surface area contributed by atoms with E-state index >= 15 is 0 Å². The number of rotatable bonds is 10. The highest BCUT2D eigenvalue weighted by molar-refractivity contribution is 5.79. The molecule has 2 N–H and O–H groups in total. The van der Waals surface area contributed by atoms with Gasteiger partial charge >= 0.3 is 0 Å². The van der Waals surface area contributed by atoms with E-state index in [0.717, 1.165) is 62.1 Å². The van der Waals surface area contributed by atoms with Gasteiger partial charge in [0, 0.05) is 13.1 Å². The number of hydrogen-bond donors (Lipinski definition) is 2. The van der Waals surface area contributed by atoms with Gasteiger partial charge in [-0.1, -0.05) is 25.5 Å². The van der Waals surface area contributed by atoms with Crippen LogP contribution in [0.3, 0.4) is 0 Å². The molecule has 2 rings (SSSR count). The molecular formula is C21H32N4O2. The first kappa shape index (κ1) is 20.8. The van der Waals surface area contributed by atoms with Gasteiger partial charge in [0.1, 0.15) is 18.1 Å². The Morgan fingerprint density at radius 1 is 1.15 bits per heavy atom. The Kier molecular flexibility index (Phi) is 8.68. The van der Waals surface area contributed by atoms with Gasteiger partial charge < -0.3 is 19.8 Å². The summed E-state index contributed by atoms with van der Waals surface area (Å²) >= 11 is 0. The van der Waals surface area contributed by atoms with Crippen LogP contribution in [-0.2, 0) is 13.0 Å². The average Bonchev–Trinajstić information content (AvgIpc) is 2.99. The highest BCUT2D eigenvalue weighted by atomic mass is 16.5. The Balaban J connectivity index is 1.80. The summed E-state index contributed by atoms with van der Waals surface area (Å²) in [4.78, 5) is 8.91. The van der Waals surface area contributed by atoms with E-state index in [1.165, 1.54) is 5.56 Å². The molecule has 6 heteroatoms. The van der Waals surface area contributed by atoms with Crippen molar-refractivity contribution in [2.75, 3.05) is 19.7 Å². The maximum absolute atomic E-state index is 5.70. The van der Waals surface area contributed by atoms with Crippen LogP contribution in [-0.4, -0.2) is 30.6 Å². The molecule has 1 aromatic carbocycles. The van der Waals surface area contributed by atoms with Crippen molar-refractivity contribution >= 4 is 5.96 Å². The number of guanidine groups is 1. The summed E-state index contributed by atoms with van der Waals surface area (Å²) in [6.45, 7) is 10.9. The Morgan fingerprint density at radius 3 is 2.56 bits per heavy atom. The van der Waals surface area contributed by atoms with E-state index in [4.69, 9.17) is 9.15 Å². The topological polar surface area (TPSA) is 71.7 Å². The van der Waals surface area contributed by atoms with Gasteiger partial charge in [-0.25, -0.2) is 9.98 Å². The van der Waals surface area contributed by atoms with E-state index in [0.29, 0.717) is 12.4 Å². The van der Waals surface area contributed by atoms with Gasteiger partial charge in [-0.15, -0.1) is 0 Å². The summed E-state index contributed by atoms with van der Waals surface area (Å²) < 4.78 is 11.3. The summed E-state index contributed by atoms with van der Waals surface area (Å²) in [6.07, 6.45) is 3.15. The number of ether oxygens (including phenoxy) is 1. The van der Waals surface area contributed by atoms with Crippen LogP contribution in [0.4, 0.5) is 0 Å². The number of nitrogens with zero attached hydrogens (tertiary/aromatic N) is 2. The molecule has 148 valence electrons. The van der Waals surface area contributed by atoms with Gasteiger partial charge in [-0.2, -0.15) is 0 Å². The van der Waals surface area contributed by atoms with Crippen molar-refractivity contribution in [2.45, 2.75) is 53.5 Å². The third kappa shape index (κ3) is 7.33. The van der Waals surface area contributed by atoms with E-state index in [9.17, 15) is 0 Å². The maximum atomic E-state index is 5.70. The van der Waals surface area contributed by atoms with E-state index < -0.39 is 0 Å². The molecule has 0 aliphatic rings. The van der Waals surface area contributed by atoms with Gasteiger partial charge in [-0.05, 0) is 51.3 Å². The van der Waals surface area contributed by atoms with Crippen LogP contribution < -0.4 is 15.4 Å². The molecular weight excluding hydrogens is 340 g/mol. The maximum Gasteiger partial charge on any atom is 0.216 e. The molecule has 0 saturated heterocycles. The zero-order valence-electron chi connectivity index (χ0n) is 17.0. The second-order valence-electron chi connectivity index (χ2n) is 6.47. The Morgan fingerprint density at radius 2 is 1.93 bits per heavy atom. The molecule has 0 unspecified atom stereocenters. The van der Waals surface area contributed by atoms with Crippen molar-refractivity contribution < 1.29 is 9.15 Å². The van der Waals surface area contributed by atoms with Crippen molar-refractivity contribution in [1.29, 1.82) is 0 Å². The number of benzene rings is 1. The summed E-state index contributed by atoms with van der Waals surface area (Å²) in [7, 11) is 0. The Bertz CT molecular complexity index is 688. The van der Waals surface area contributed by atoms with Crippen LogP contribution in [0.2, 0.25) is 0 Å². The zero-order chi connectivity index (χ0) is 19.5. The predicted molar refractivity (Wildman–Crippen MR) is 109 cm³/mol. The minimum Gasteiger partial charge on any atom is -0.494 e. The lowest BCUT2D eigenvalue weighted by molar-refractivity contribution is 0.309. The Labute approximate surface area is 162 Å². The van der Waals surface area contributed by atoms with Gasteiger partial charge in [-0.3, -0.25) is 0 Å². The zero-order valence-corrected chi connectivity index (χ0v) is 17.0. The number of unbranched alkanes of at least 4 members (excludes halogenated alkanes) is 1. The molecule has 0 spiro atoms. The second-order valence-corrected chi connectivity index (χ2v) is 6.47. The average molecular weight is 373 g/mol. The molecule has 0 aliphatic heterocycles. The number of aliphatic imine (C=N–C) groups is 1. The molecule has 0 aliphatic carbocycles. The third-order valence-corrected chi connectivity index (χ3v) is 4.19. The number of nitrogens with one attached hydrogen (secondary N) is 2. The number of hydrogen-bond acceptors (Lipinski definition) is 4. The van der Waals surface area contributed by atoms with Crippen LogP contribution in [0.25, 0.3) is 0 Å². The molecule has 27 heavy (non-hydrogen) atoms. The molecule has 0 amide bonds. The highest BCUT2D eigenvalue weighted by Crippen LogP contribution is 2.13.